The summed E-state index contributed by atoms with van der Waals surface area (Å²) in [5, 5.41) is 11.3. The first kappa shape index (κ1) is 42.8. The van der Waals surface area contributed by atoms with E-state index in [0.29, 0.717) is 41.8 Å². The molecule has 11 heteroatoms. The van der Waals surface area contributed by atoms with E-state index in [2.05, 4.69) is 35.8 Å². The fourth-order valence-electron chi connectivity index (χ4n) is 5.81. The smallest absolute Gasteiger partial charge is 0.411 e. The largest absolute Gasteiger partial charge is 0.491 e. The van der Waals surface area contributed by atoms with Gasteiger partial charge >= 0.3 is 6.09 Å². The highest BCUT2D eigenvalue weighted by atomic mass is 35.5. The lowest BCUT2D eigenvalue weighted by Gasteiger charge is -2.30. The van der Waals surface area contributed by atoms with Crippen molar-refractivity contribution in [3.63, 3.8) is 0 Å². The van der Waals surface area contributed by atoms with Crippen molar-refractivity contribution in [1.29, 1.82) is 0 Å². The minimum atomic E-state index is -1.94. The first-order chi connectivity index (χ1) is 23.7. The molecule has 0 saturated carbocycles. The standard InChI is InChI=1S/C37H52ClN3O6S.C2H6/c1-9-13-27-21-29(38)14-16-31(27)28-23-40(20-18-26(11-3)33(42)12-4)32-22-30(15-17-34(32)46-24-28)48(45)39-35(43)25(5)41(19-10-2)36(44)47-37(6,7)8;1-2/h10,12,14-17,21-22,25-26,28,33,42H,2,4,9,11,13,18-20,23-24H2,1,3,5-8H3,(H,39,43);1-2H3/t25-,26?,28?,33?,48?;/m1./s1. The van der Waals surface area contributed by atoms with E-state index in [9.17, 15) is 18.9 Å². The molecule has 0 aliphatic carbocycles. The van der Waals surface area contributed by atoms with Crippen LogP contribution in [-0.4, -0.2) is 70.2 Å². The van der Waals surface area contributed by atoms with Crippen LogP contribution in [0.2, 0.25) is 5.02 Å². The third-order valence-corrected chi connectivity index (χ3v) is 9.75. The molecule has 50 heavy (non-hydrogen) atoms. The number of anilines is 1. The highest BCUT2D eigenvalue weighted by molar-refractivity contribution is 7.83. The van der Waals surface area contributed by atoms with Gasteiger partial charge in [0.25, 0.3) is 5.91 Å². The van der Waals surface area contributed by atoms with Gasteiger partial charge in [-0.3, -0.25) is 14.4 Å². The van der Waals surface area contributed by atoms with E-state index in [1.807, 2.05) is 32.9 Å². The predicted molar refractivity (Wildman–Crippen MR) is 205 cm³/mol. The Morgan fingerprint density at radius 2 is 1.90 bits per heavy atom. The molecule has 0 fully saturated rings. The minimum absolute atomic E-state index is 0.0151. The van der Waals surface area contributed by atoms with Crippen LogP contribution in [0, 0.1) is 5.92 Å². The van der Waals surface area contributed by atoms with Gasteiger partial charge in [0.15, 0.2) is 11.0 Å². The maximum atomic E-state index is 13.6. The fourth-order valence-corrected chi connectivity index (χ4v) is 6.88. The van der Waals surface area contributed by atoms with Gasteiger partial charge in [-0.15, -0.1) is 13.2 Å². The summed E-state index contributed by atoms with van der Waals surface area (Å²) in [5.41, 5.74) is 2.36. The van der Waals surface area contributed by atoms with Crippen molar-refractivity contribution in [2.24, 2.45) is 5.92 Å². The summed E-state index contributed by atoms with van der Waals surface area (Å²) in [6.07, 6.45) is 5.13. The Morgan fingerprint density at radius 3 is 2.50 bits per heavy atom. The zero-order valence-corrected chi connectivity index (χ0v) is 32.7. The molecular weight excluding hydrogens is 674 g/mol. The van der Waals surface area contributed by atoms with E-state index in [1.54, 1.807) is 52.0 Å². The van der Waals surface area contributed by atoms with Gasteiger partial charge in [0.2, 0.25) is 0 Å². The van der Waals surface area contributed by atoms with E-state index in [-0.39, 0.29) is 18.4 Å². The normalized spacial score (nSPS) is 16.5. The van der Waals surface area contributed by atoms with Crippen molar-refractivity contribution in [3.8, 4) is 5.75 Å². The molecule has 5 atom stereocenters. The number of aliphatic hydroxyl groups excluding tert-OH is 1. The summed E-state index contributed by atoms with van der Waals surface area (Å²) in [4.78, 5) is 29.9. The molecule has 2 aromatic rings. The van der Waals surface area contributed by atoms with Crippen LogP contribution in [0.5, 0.6) is 5.75 Å². The molecule has 0 spiro atoms. The number of hydrogen-bond acceptors (Lipinski definition) is 7. The van der Waals surface area contributed by atoms with Crippen LogP contribution < -0.4 is 14.4 Å². The zero-order chi connectivity index (χ0) is 37.6. The average Bonchev–Trinajstić information content (AvgIpc) is 3.26. The van der Waals surface area contributed by atoms with Crippen LogP contribution >= 0.6 is 11.6 Å². The molecule has 9 nitrogen and oxygen atoms in total. The summed E-state index contributed by atoms with van der Waals surface area (Å²) < 4.78 is 28.0. The topological polar surface area (TPSA) is 108 Å². The SMILES string of the molecule is C=CCN(C(=O)OC(C)(C)C)[C@H](C)C(=O)NS(=O)c1ccc2c(c1)N(CCC(CC)C(O)C=C)CC(c1ccc(Cl)cc1CCC)CO2.CC. The lowest BCUT2D eigenvalue weighted by atomic mass is 9.91. The van der Waals surface area contributed by atoms with Gasteiger partial charge in [-0.05, 0) is 87.9 Å². The second-order valence-electron chi connectivity index (χ2n) is 13.2. The van der Waals surface area contributed by atoms with Crippen LogP contribution in [0.3, 0.4) is 0 Å². The first-order valence-corrected chi connectivity index (χ1v) is 19.2. The number of aliphatic hydroxyl groups is 1. The lowest BCUT2D eigenvalue weighted by molar-refractivity contribution is -0.123. The molecule has 4 unspecified atom stereocenters. The highest BCUT2D eigenvalue weighted by Gasteiger charge is 2.31. The summed E-state index contributed by atoms with van der Waals surface area (Å²) in [5.74, 6) is 0.0862. The monoisotopic (exact) mass is 731 g/mol. The molecular formula is C39H58ClN3O6S. The van der Waals surface area contributed by atoms with E-state index >= 15 is 0 Å². The Labute approximate surface area is 307 Å². The molecule has 0 radical (unpaired) electrons. The Kier molecular flexibility index (Phi) is 17.6. The number of aryl methyl sites for hydroxylation is 1. The Balaban J connectivity index is 0.00000425. The maximum Gasteiger partial charge on any atom is 0.411 e. The van der Waals surface area contributed by atoms with Crippen LogP contribution in [0.4, 0.5) is 10.5 Å². The van der Waals surface area contributed by atoms with E-state index in [0.717, 1.165) is 24.9 Å². The van der Waals surface area contributed by atoms with Crippen LogP contribution in [-0.2, 0) is 26.9 Å². The Bertz CT molecular complexity index is 1460. The minimum Gasteiger partial charge on any atom is -0.491 e. The van der Waals surface area contributed by atoms with Crippen molar-refractivity contribution in [2.75, 3.05) is 31.1 Å². The van der Waals surface area contributed by atoms with Gasteiger partial charge in [0.1, 0.15) is 17.4 Å². The number of rotatable bonds is 15. The quantitative estimate of drug-likeness (QED) is 0.178. The molecule has 3 rings (SSSR count). The molecule has 2 N–H and O–H groups in total. The van der Waals surface area contributed by atoms with Crippen molar-refractivity contribution in [1.82, 2.24) is 9.62 Å². The molecule has 0 bridgehead atoms. The van der Waals surface area contributed by atoms with Crippen LogP contribution in [0.15, 0.2) is 66.6 Å². The molecule has 1 heterocycles. The van der Waals surface area contributed by atoms with Gasteiger partial charge in [0, 0.05) is 30.6 Å². The number of nitrogens with zero attached hydrogens (tertiary/aromatic N) is 2. The molecule has 1 aliphatic rings. The number of fused-ring (bicyclic) bond motifs is 1. The third kappa shape index (κ3) is 12.2. The second kappa shape index (κ2) is 20.5. The lowest BCUT2D eigenvalue weighted by Crippen LogP contribution is -2.49. The number of hydrogen-bond donors (Lipinski definition) is 2. The number of benzene rings is 2. The van der Waals surface area contributed by atoms with Crippen molar-refractivity contribution in [2.45, 2.75) is 110 Å². The average molecular weight is 732 g/mol. The van der Waals surface area contributed by atoms with E-state index in [1.165, 1.54) is 22.1 Å². The third-order valence-electron chi connectivity index (χ3n) is 8.44. The van der Waals surface area contributed by atoms with Gasteiger partial charge in [-0.1, -0.05) is 70.4 Å². The summed E-state index contributed by atoms with van der Waals surface area (Å²) in [7, 11) is -1.94. The summed E-state index contributed by atoms with van der Waals surface area (Å²) >= 11 is 6.38. The first-order valence-electron chi connectivity index (χ1n) is 17.7. The number of carbonyl (C=O) groups excluding carboxylic acids is 2. The van der Waals surface area contributed by atoms with E-state index in [4.69, 9.17) is 21.1 Å². The van der Waals surface area contributed by atoms with Crippen molar-refractivity contribution in [3.05, 3.63) is 77.9 Å². The Morgan fingerprint density at radius 1 is 1.20 bits per heavy atom. The predicted octanol–water partition coefficient (Wildman–Crippen LogP) is 8.21. The summed E-state index contributed by atoms with van der Waals surface area (Å²) in [6, 6.07) is 10.3. The number of amides is 2. The van der Waals surface area contributed by atoms with Crippen LogP contribution in [0.1, 0.15) is 91.7 Å². The van der Waals surface area contributed by atoms with Crippen LogP contribution in [0.25, 0.3) is 0 Å². The highest BCUT2D eigenvalue weighted by Crippen LogP contribution is 2.38. The maximum absolute atomic E-state index is 13.6. The number of halogens is 1. The molecule has 0 saturated heterocycles. The van der Waals surface area contributed by atoms with Gasteiger partial charge < -0.3 is 19.5 Å². The summed E-state index contributed by atoms with van der Waals surface area (Å²) in [6.45, 7) is 24.2. The Hall–Kier alpha value is -3.34. The van der Waals surface area contributed by atoms with E-state index < -0.39 is 40.7 Å². The fraction of sp³-hybridized carbons (Fsp3) is 0.538. The molecule has 2 amide bonds. The number of carbonyl (C=O) groups is 2. The molecule has 2 aromatic carbocycles. The second-order valence-corrected chi connectivity index (χ2v) is 14.8. The molecule has 0 aromatic heterocycles. The molecule has 278 valence electrons. The number of nitrogens with one attached hydrogen (secondary N) is 1. The molecule has 1 aliphatic heterocycles. The van der Waals surface area contributed by atoms with Gasteiger partial charge in [0.05, 0.1) is 23.3 Å². The van der Waals surface area contributed by atoms with Gasteiger partial charge in [-0.25, -0.2) is 9.00 Å². The zero-order valence-electron chi connectivity index (χ0n) is 31.2. The van der Waals surface area contributed by atoms with Gasteiger partial charge in [-0.2, -0.15) is 0 Å². The van der Waals surface area contributed by atoms with Crippen molar-refractivity contribution >= 4 is 40.3 Å². The number of ether oxygens (including phenoxy) is 2. The van der Waals surface area contributed by atoms with Crippen molar-refractivity contribution < 1.29 is 28.4 Å².